The van der Waals surface area contributed by atoms with Crippen LogP contribution in [-0.4, -0.2) is 17.5 Å². The van der Waals surface area contributed by atoms with Gasteiger partial charge in [-0.15, -0.1) is 11.6 Å². The highest BCUT2D eigenvalue weighted by atomic mass is 35.5. The molecule has 0 bridgehead atoms. The summed E-state index contributed by atoms with van der Waals surface area (Å²) in [7, 11) is 0. The summed E-state index contributed by atoms with van der Waals surface area (Å²) in [5.41, 5.74) is 1.12. The minimum atomic E-state index is 0.329. The molecule has 16 heavy (non-hydrogen) atoms. The zero-order valence-corrected chi connectivity index (χ0v) is 10.5. The normalized spacial score (nSPS) is 12.6. The molecular weight excluding hydrogens is 222 g/mol. The summed E-state index contributed by atoms with van der Waals surface area (Å²) in [6.45, 7) is 3.97. The first kappa shape index (κ1) is 13.3. The van der Waals surface area contributed by atoms with E-state index < -0.39 is 0 Å². The molecule has 0 saturated carbocycles. The van der Waals surface area contributed by atoms with Gasteiger partial charge in [-0.25, -0.2) is 0 Å². The maximum Gasteiger partial charge on any atom is 0.115 e. The van der Waals surface area contributed by atoms with Gasteiger partial charge in [-0.05, 0) is 43.0 Å². The summed E-state index contributed by atoms with van der Waals surface area (Å²) in [4.78, 5) is 0. The third kappa shape index (κ3) is 5.38. The van der Waals surface area contributed by atoms with Crippen molar-refractivity contribution in [2.75, 3.05) is 12.4 Å². The van der Waals surface area contributed by atoms with Gasteiger partial charge in [0, 0.05) is 12.4 Å². The molecule has 1 aromatic rings. The smallest absolute Gasteiger partial charge is 0.115 e. The van der Waals surface area contributed by atoms with Gasteiger partial charge >= 0.3 is 0 Å². The molecule has 0 radical (unpaired) electrons. The van der Waals surface area contributed by atoms with E-state index in [1.165, 1.54) is 0 Å². The van der Waals surface area contributed by atoms with Gasteiger partial charge in [0.15, 0.2) is 0 Å². The van der Waals surface area contributed by atoms with E-state index in [4.69, 9.17) is 11.6 Å². The lowest BCUT2D eigenvalue weighted by molar-refractivity contribution is 0.473. The van der Waals surface area contributed by atoms with E-state index in [1.54, 1.807) is 12.1 Å². The van der Waals surface area contributed by atoms with Crippen LogP contribution in [0.5, 0.6) is 5.75 Å². The van der Waals surface area contributed by atoms with Crippen LogP contribution < -0.4 is 5.32 Å². The van der Waals surface area contributed by atoms with Crippen molar-refractivity contribution in [1.29, 1.82) is 0 Å². The van der Waals surface area contributed by atoms with Crippen molar-refractivity contribution in [3.8, 4) is 5.75 Å². The van der Waals surface area contributed by atoms with Gasteiger partial charge in [0.25, 0.3) is 0 Å². The number of halogens is 1. The second kappa shape index (κ2) is 7.53. The summed E-state index contributed by atoms with van der Waals surface area (Å²) in [5.74, 6) is 1.67. The van der Waals surface area contributed by atoms with Crippen LogP contribution in [0.2, 0.25) is 0 Å². The fourth-order valence-electron chi connectivity index (χ4n) is 1.55. The molecule has 1 unspecified atom stereocenters. The SMILES string of the molecule is CC(CCl)CCCNCc1cccc(O)c1. The summed E-state index contributed by atoms with van der Waals surface area (Å²) < 4.78 is 0. The molecule has 1 atom stereocenters. The van der Waals surface area contributed by atoms with Crippen molar-refractivity contribution in [3.05, 3.63) is 29.8 Å². The Morgan fingerprint density at radius 2 is 2.25 bits per heavy atom. The molecule has 2 nitrogen and oxygen atoms in total. The highest BCUT2D eigenvalue weighted by molar-refractivity contribution is 6.18. The quantitative estimate of drug-likeness (QED) is 0.568. The van der Waals surface area contributed by atoms with Crippen molar-refractivity contribution in [1.82, 2.24) is 5.32 Å². The molecule has 0 spiro atoms. The van der Waals surface area contributed by atoms with E-state index in [-0.39, 0.29) is 0 Å². The minimum absolute atomic E-state index is 0.329. The average molecular weight is 242 g/mol. The lowest BCUT2D eigenvalue weighted by atomic mass is 10.1. The maximum absolute atomic E-state index is 9.28. The van der Waals surface area contributed by atoms with Crippen molar-refractivity contribution in [2.45, 2.75) is 26.3 Å². The zero-order valence-electron chi connectivity index (χ0n) is 9.75. The van der Waals surface area contributed by atoms with Crippen LogP contribution in [0.4, 0.5) is 0 Å². The molecule has 1 aromatic carbocycles. The first-order chi connectivity index (χ1) is 7.72. The molecule has 0 fully saturated rings. The summed E-state index contributed by atoms with van der Waals surface area (Å²) in [6.07, 6.45) is 2.31. The molecule has 1 rings (SSSR count). The summed E-state index contributed by atoms with van der Waals surface area (Å²) in [6, 6.07) is 7.34. The number of phenols is 1. The minimum Gasteiger partial charge on any atom is -0.508 e. The Hall–Kier alpha value is -0.730. The lowest BCUT2D eigenvalue weighted by Gasteiger charge is -2.08. The first-order valence-corrected chi connectivity index (χ1v) is 6.30. The molecule has 0 aliphatic rings. The van der Waals surface area contributed by atoms with Crippen molar-refractivity contribution in [2.24, 2.45) is 5.92 Å². The van der Waals surface area contributed by atoms with E-state index in [0.29, 0.717) is 11.7 Å². The molecule has 0 aliphatic heterocycles. The summed E-state index contributed by atoms with van der Waals surface area (Å²) >= 11 is 5.73. The van der Waals surface area contributed by atoms with Gasteiger partial charge < -0.3 is 10.4 Å². The largest absolute Gasteiger partial charge is 0.508 e. The molecular formula is C13H20ClNO. The average Bonchev–Trinajstić information content (AvgIpc) is 2.28. The number of alkyl halides is 1. The number of benzene rings is 1. The van der Waals surface area contributed by atoms with Crippen molar-refractivity contribution in [3.63, 3.8) is 0 Å². The molecule has 0 aromatic heterocycles. The Bertz CT molecular complexity index is 304. The van der Waals surface area contributed by atoms with Gasteiger partial charge in [0.1, 0.15) is 5.75 Å². The third-order valence-electron chi connectivity index (χ3n) is 2.55. The topological polar surface area (TPSA) is 32.3 Å². The Labute approximate surface area is 103 Å². The fraction of sp³-hybridized carbons (Fsp3) is 0.538. The van der Waals surface area contributed by atoms with Gasteiger partial charge in [-0.3, -0.25) is 0 Å². The van der Waals surface area contributed by atoms with Crippen LogP contribution in [0.1, 0.15) is 25.3 Å². The predicted molar refractivity (Wildman–Crippen MR) is 68.9 cm³/mol. The van der Waals surface area contributed by atoms with Gasteiger partial charge in [-0.1, -0.05) is 19.1 Å². The number of hydrogen-bond donors (Lipinski definition) is 2. The highest BCUT2D eigenvalue weighted by Gasteiger charge is 1.99. The standard InChI is InChI=1S/C13H20ClNO/c1-11(9-14)4-3-7-15-10-12-5-2-6-13(16)8-12/h2,5-6,8,11,15-16H,3-4,7,9-10H2,1H3. The number of aromatic hydroxyl groups is 1. The van der Waals surface area contributed by atoms with Crippen LogP contribution >= 0.6 is 11.6 Å². The molecule has 0 saturated heterocycles. The number of nitrogens with one attached hydrogen (secondary N) is 1. The van der Waals surface area contributed by atoms with Crippen molar-refractivity contribution < 1.29 is 5.11 Å². The van der Waals surface area contributed by atoms with Gasteiger partial charge in [0.2, 0.25) is 0 Å². The molecule has 90 valence electrons. The Balaban J connectivity index is 2.12. The summed E-state index contributed by atoms with van der Waals surface area (Å²) in [5, 5.41) is 12.6. The van der Waals surface area contributed by atoms with Crippen LogP contribution in [0.25, 0.3) is 0 Å². The monoisotopic (exact) mass is 241 g/mol. The maximum atomic E-state index is 9.28. The number of hydrogen-bond acceptors (Lipinski definition) is 2. The van der Waals surface area contributed by atoms with E-state index in [0.717, 1.165) is 37.4 Å². The molecule has 0 aliphatic carbocycles. The highest BCUT2D eigenvalue weighted by Crippen LogP contribution is 2.10. The molecule has 3 heteroatoms. The zero-order chi connectivity index (χ0) is 11.8. The van der Waals surface area contributed by atoms with E-state index in [2.05, 4.69) is 12.2 Å². The van der Waals surface area contributed by atoms with E-state index in [1.807, 2.05) is 12.1 Å². The number of rotatable bonds is 7. The fourth-order valence-corrected chi connectivity index (χ4v) is 1.71. The van der Waals surface area contributed by atoms with Crippen LogP contribution in [0.15, 0.2) is 24.3 Å². The number of phenolic OH excluding ortho intramolecular Hbond substituents is 1. The van der Waals surface area contributed by atoms with Crippen molar-refractivity contribution >= 4 is 11.6 Å². The molecule has 0 amide bonds. The van der Waals surface area contributed by atoms with E-state index >= 15 is 0 Å². The van der Waals surface area contributed by atoms with Crippen LogP contribution in [-0.2, 0) is 6.54 Å². The second-order valence-electron chi connectivity index (χ2n) is 4.25. The predicted octanol–water partition coefficient (Wildman–Crippen LogP) is 3.14. The Kier molecular flexibility index (Phi) is 6.27. The second-order valence-corrected chi connectivity index (χ2v) is 4.56. The lowest BCUT2D eigenvalue weighted by Crippen LogP contribution is -2.15. The molecule has 2 N–H and O–H groups in total. The van der Waals surface area contributed by atoms with Gasteiger partial charge in [-0.2, -0.15) is 0 Å². The van der Waals surface area contributed by atoms with Gasteiger partial charge in [0.05, 0.1) is 0 Å². The Morgan fingerprint density at radius 1 is 1.44 bits per heavy atom. The third-order valence-corrected chi connectivity index (χ3v) is 3.08. The Morgan fingerprint density at radius 3 is 2.94 bits per heavy atom. The van der Waals surface area contributed by atoms with E-state index in [9.17, 15) is 5.11 Å². The first-order valence-electron chi connectivity index (χ1n) is 5.77. The molecule has 0 heterocycles. The van der Waals surface area contributed by atoms with Crippen LogP contribution in [0, 0.1) is 5.92 Å². The van der Waals surface area contributed by atoms with Crippen LogP contribution in [0.3, 0.4) is 0 Å².